The summed E-state index contributed by atoms with van der Waals surface area (Å²) in [6, 6.07) is 8.61. The predicted molar refractivity (Wildman–Crippen MR) is 65.3 cm³/mol. The van der Waals surface area contributed by atoms with E-state index in [1.165, 1.54) is 0 Å². The molecular weight excluding hydrogens is 243 g/mol. The van der Waals surface area contributed by atoms with Gasteiger partial charge in [-0.3, -0.25) is 0 Å². The van der Waals surface area contributed by atoms with Crippen LogP contribution in [0.25, 0.3) is 10.9 Å². The van der Waals surface area contributed by atoms with Gasteiger partial charge in [0.15, 0.2) is 0 Å². The third-order valence-corrected chi connectivity index (χ3v) is 2.43. The van der Waals surface area contributed by atoms with E-state index in [-0.39, 0.29) is 6.54 Å². The van der Waals surface area contributed by atoms with Gasteiger partial charge in [0.05, 0.1) is 11.9 Å². The zero-order valence-electron chi connectivity index (χ0n) is 9.46. The molecule has 6 heteroatoms. The Morgan fingerprint density at radius 2 is 1.94 bits per heavy atom. The monoisotopic (exact) mass is 255 g/mol. The lowest BCUT2D eigenvalue weighted by Gasteiger charge is -2.09. The number of aromatic nitrogens is 1. The minimum Gasteiger partial charge on any atom is -0.399 e. The van der Waals surface area contributed by atoms with E-state index in [0.29, 0.717) is 17.0 Å². The molecule has 1 aromatic carbocycles. The molecule has 0 aliphatic rings. The van der Waals surface area contributed by atoms with Gasteiger partial charge in [0, 0.05) is 17.6 Å². The smallest absolute Gasteiger partial charge is 0.390 e. The van der Waals surface area contributed by atoms with E-state index in [0.717, 1.165) is 5.39 Å². The molecule has 0 amide bonds. The van der Waals surface area contributed by atoms with Crippen molar-refractivity contribution in [1.82, 2.24) is 4.98 Å². The predicted octanol–water partition coefficient (Wildman–Crippen LogP) is 3.18. The minimum absolute atomic E-state index is 0.184. The first-order valence-corrected chi connectivity index (χ1v) is 5.41. The summed E-state index contributed by atoms with van der Waals surface area (Å²) in [5.74, 6) is 0.427. The Labute approximate surface area is 102 Å². The summed E-state index contributed by atoms with van der Waals surface area (Å²) in [5, 5.41) is 3.50. The molecule has 0 radical (unpaired) electrons. The van der Waals surface area contributed by atoms with Crippen LogP contribution >= 0.6 is 0 Å². The highest BCUT2D eigenvalue weighted by atomic mass is 19.4. The Balaban J connectivity index is 2.08. The summed E-state index contributed by atoms with van der Waals surface area (Å²) in [7, 11) is 0. The molecule has 1 heterocycles. The number of hydrogen-bond acceptors (Lipinski definition) is 3. The summed E-state index contributed by atoms with van der Waals surface area (Å²) in [4.78, 5) is 4.20. The largest absolute Gasteiger partial charge is 0.399 e. The lowest BCUT2D eigenvalue weighted by Crippen LogP contribution is -2.15. The number of fused-ring (bicyclic) bond motifs is 1. The molecule has 0 atom stereocenters. The molecule has 0 fully saturated rings. The van der Waals surface area contributed by atoms with Crippen molar-refractivity contribution in [3.63, 3.8) is 0 Å². The first-order valence-electron chi connectivity index (χ1n) is 5.41. The number of anilines is 2. The van der Waals surface area contributed by atoms with Crippen molar-refractivity contribution in [2.45, 2.75) is 12.6 Å². The molecule has 0 saturated carbocycles. The highest BCUT2D eigenvalue weighted by Gasteiger charge is 2.26. The van der Waals surface area contributed by atoms with Crippen molar-refractivity contribution in [3.8, 4) is 0 Å². The van der Waals surface area contributed by atoms with Crippen LogP contribution in [0.5, 0.6) is 0 Å². The minimum atomic E-state index is -4.15. The van der Waals surface area contributed by atoms with Crippen LogP contribution in [-0.2, 0) is 0 Å². The third kappa shape index (κ3) is 3.26. The van der Waals surface area contributed by atoms with Crippen LogP contribution < -0.4 is 11.1 Å². The van der Waals surface area contributed by atoms with Gasteiger partial charge in [-0.25, -0.2) is 4.98 Å². The molecule has 2 aromatic rings. The second kappa shape index (κ2) is 4.72. The maximum absolute atomic E-state index is 12.0. The first kappa shape index (κ1) is 12.5. The summed E-state index contributed by atoms with van der Waals surface area (Å²) >= 11 is 0. The lowest BCUT2D eigenvalue weighted by atomic mass is 10.2. The number of nitrogens with two attached hydrogens (primary N) is 1. The molecule has 0 saturated heterocycles. The van der Waals surface area contributed by atoms with Gasteiger partial charge in [-0.2, -0.15) is 13.2 Å². The van der Waals surface area contributed by atoms with Crippen LogP contribution in [0.2, 0.25) is 0 Å². The average molecular weight is 255 g/mol. The fraction of sp³-hybridized carbons (Fsp3) is 0.250. The van der Waals surface area contributed by atoms with Gasteiger partial charge in [0.2, 0.25) is 0 Å². The molecule has 2 rings (SSSR count). The summed E-state index contributed by atoms with van der Waals surface area (Å²) in [6.07, 6.45) is -5.03. The van der Waals surface area contributed by atoms with Gasteiger partial charge in [-0.05, 0) is 30.3 Å². The van der Waals surface area contributed by atoms with Crippen molar-refractivity contribution in [1.29, 1.82) is 0 Å². The summed E-state index contributed by atoms with van der Waals surface area (Å²) < 4.78 is 35.9. The van der Waals surface area contributed by atoms with Crippen LogP contribution in [-0.4, -0.2) is 17.7 Å². The number of nitrogen functional groups attached to an aromatic ring is 1. The SMILES string of the molecule is Nc1ccc2nc(NCCC(F)(F)F)ccc2c1. The summed E-state index contributed by atoms with van der Waals surface area (Å²) in [6.45, 7) is -0.184. The summed E-state index contributed by atoms with van der Waals surface area (Å²) in [5.41, 5.74) is 6.94. The van der Waals surface area contributed by atoms with Crippen LogP contribution in [0.4, 0.5) is 24.7 Å². The number of halogens is 3. The normalized spacial score (nSPS) is 11.7. The topological polar surface area (TPSA) is 50.9 Å². The molecule has 18 heavy (non-hydrogen) atoms. The highest BCUT2D eigenvalue weighted by molar-refractivity contribution is 5.83. The molecule has 0 spiro atoms. The van der Waals surface area contributed by atoms with Gasteiger partial charge in [-0.1, -0.05) is 0 Å². The zero-order chi connectivity index (χ0) is 13.2. The van der Waals surface area contributed by atoms with E-state index in [1.807, 2.05) is 0 Å². The Bertz CT molecular complexity index is 552. The molecule has 1 aromatic heterocycles. The molecular formula is C12H12F3N3. The van der Waals surface area contributed by atoms with Crippen molar-refractivity contribution in [2.24, 2.45) is 0 Å². The van der Waals surface area contributed by atoms with Crippen LogP contribution in [0, 0.1) is 0 Å². The number of alkyl halides is 3. The zero-order valence-corrected chi connectivity index (χ0v) is 9.46. The van der Waals surface area contributed by atoms with Crippen LogP contribution in [0.1, 0.15) is 6.42 Å². The fourth-order valence-electron chi connectivity index (χ4n) is 1.57. The molecule has 0 bridgehead atoms. The molecule has 96 valence electrons. The van der Waals surface area contributed by atoms with Crippen molar-refractivity contribution < 1.29 is 13.2 Å². The van der Waals surface area contributed by atoms with Crippen LogP contribution in [0.3, 0.4) is 0 Å². The van der Waals surface area contributed by atoms with E-state index in [9.17, 15) is 13.2 Å². The maximum atomic E-state index is 12.0. The highest BCUT2D eigenvalue weighted by Crippen LogP contribution is 2.20. The molecule has 3 nitrogen and oxygen atoms in total. The van der Waals surface area contributed by atoms with Gasteiger partial charge >= 0.3 is 6.18 Å². The van der Waals surface area contributed by atoms with E-state index in [2.05, 4.69) is 10.3 Å². The number of benzene rings is 1. The number of rotatable bonds is 3. The molecule has 0 unspecified atom stereocenters. The lowest BCUT2D eigenvalue weighted by molar-refractivity contribution is -0.131. The Morgan fingerprint density at radius 3 is 2.67 bits per heavy atom. The Kier molecular flexibility index (Phi) is 3.27. The second-order valence-electron chi connectivity index (χ2n) is 3.94. The second-order valence-corrected chi connectivity index (χ2v) is 3.94. The van der Waals surface area contributed by atoms with Gasteiger partial charge in [0.1, 0.15) is 5.82 Å². The first-order chi connectivity index (χ1) is 8.44. The van der Waals surface area contributed by atoms with Crippen LogP contribution in [0.15, 0.2) is 30.3 Å². The molecule has 0 aliphatic carbocycles. The molecule has 0 aliphatic heterocycles. The van der Waals surface area contributed by atoms with Gasteiger partial charge in [-0.15, -0.1) is 0 Å². The van der Waals surface area contributed by atoms with E-state index >= 15 is 0 Å². The number of nitrogens with one attached hydrogen (secondary N) is 1. The van der Waals surface area contributed by atoms with Gasteiger partial charge in [0.25, 0.3) is 0 Å². The number of nitrogens with zero attached hydrogens (tertiary/aromatic N) is 1. The number of hydrogen-bond donors (Lipinski definition) is 2. The molecule has 3 N–H and O–H groups in total. The van der Waals surface area contributed by atoms with Gasteiger partial charge < -0.3 is 11.1 Å². The standard InChI is InChI=1S/C12H12F3N3/c13-12(14,15)5-6-17-11-4-1-8-7-9(16)2-3-10(8)18-11/h1-4,7H,5-6,16H2,(H,17,18). The third-order valence-electron chi connectivity index (χ3n) is 2.43. The quantitative estimate of drug-likeness (QED) is 0.828. The van der Waals surface area contributed by atoms with E-state index in [1.54, 1.807) is 30.3 Å². The maximum Gasteiger partial charge on any atom is 0.390 e. The fourth-order valence-corrected chi connectivity index (χ4v) is 1.57. The van der Waals surface area contributed by atoms with E-state index in [4.69, 9.17) is 5.73 Å². The Hall–Kier alpha value is -1.98. The Morgan fingerprint density at radius 1 is 1.17 bits per heavy atom. The number of pyridine rings is 1. The van der Waals surface area contributed by atoms with E-state index < -0.39 is 12.6 Å². The van der Waals surface area contributed by atoms with Crippen molar-refractivity contribution >= 4 is 22.4 Å². The van der Waals surface area contributed by atoms with Crippen molar-refractivity contribution in [2.75, 3.05) is 17.6 Å². The average Bonchev–Trinajstić information content (AvgIpc) is 2.27. The van der Waals surface area contributed by atoms with Crippen molar-refractivity contribution in [3.05, 3.63) is 30.3 Å².